The monoisotopic (exact) mass is 300 g/mol. The SMILES string of the molecule is CCc1ccc(C2CNCCN2C(=O)CC2CCCC2)cc1. The normalized spacial score (nSPS) is 23.0. The lowest BCUT2D eigenvalue weighted by Crippen LogP contribution is -2.49. The van der Waals surface area contributed by atoms with Gasteiger partial charge in [0.25, 0.3) is 0 Å². The Balaban J connectivity index is 1.70. The number of carbonyl (C=O) groups excluding carboxylic acids is 1. The molecule has 1 aliphatic heterocycles. The third kappa shape index (κ3) is 3.52. The smallest absolute Gasteiger partial charge is 0.223 e. The van der Waals surface area contributed by atoms with E-state index in [9.17, 15) is 4.79 Å². The summed E-state index contributed by atoms with van der Waals surface area (Å²) in [5.74, 6) is 0.989. The van der Waals surface area contributed by atoms with Crippen molar-refractivity contribution in [2.45, 2.75) is 51.5 Å². The van der Waals surface area contributed by atoms with E-state index in [1.54, 1.807) is 0 Å². The van der Waals surface area contributed by atoms with Crippen LogP contribution in [0.4, 0.5) is 0 Å². The van der Waals surface area contributed by atoms with Crippen LogP contribution in [0.2, 0.25) is 0 Å². The van der Waals surface area contributed by atoms with Gasteiger partial charge in [0, 0.05) is 26.1 Å². The molecule has 0 bridgehead atoms. The number of amides is 1. The molecule has 0 aromatic heterocycles. The molecule has 1 aromatic rings. The van der Waals surface area contributed by atoms with Crippen LogP contribution in [-0.4, -0.2) is 30.4 Å². The Morgan fingerprint density at radius 2 is 1.95 bits per heavy atom. The molecule has 2 aliphatic rings. The van der Waals surface area contributed by atoms with Crippen LogP contribution in [0, 0.1) is 5.92 Å². The standard InChI is InChI=1S/C19H28N2O/c1-2-15-7-9-17(10-8-15)18-14-20-11-12-21(18)19(22)13-16-5-3-4-6-16/h7-10,16,18,20H,2-6,11-14H2,1H3. The highest BCUT2D eigenvalue weighted by Gasteiger charge is 2.29. The number of hydrogen-bond acceptors (Lipinski definition) is 2. The fourth-order valence-corrected chi connectivity index (χ4v) is 3.85. The van der Waals surface area contributed by atoms with Gasteiger partial charge in [-0.3, -0.25) is 4.79 Å². The maximum atomic E-state index is 12.8. The van der Waals surface area contributed by atoms with Gasteiger partial charge in [0.2, 0.25) is 5.91 Å². The Bertz CT molecular complexity index is 491. The molecule has 2 fully saturated rings. The molecule has 22 heavy (non-hydrogen) atoms. The number of rotatable bonds is 4. The third-order valence-corrected chi connectivity index (χ3v) is 5.27. The van der Waals surface area contributed by atoms with Gasteiger partial charge in [0.15, 0.2) is 0 Å². The molecule has 3 heteroatoms. The van der Waals surface area contributed by atoms with Crippen molar-refractivity contribution in [3.8, 4) is 0 Å². The number of nitrogens with zero attached hydrogens (tertiary/aromatic N) is 1. The number of carbonyl (C=O) groups is 1. The Morgan fingerprint density at radius 3 is 2.64 bits per heavy atom. The molecule has 0 radical (unpaired) electrons. The molecule has 0 spiro atoms. The largest absolute Gasteiger partial charge is 0.333 e. The fraction of sp³-hybridized carbons (Fsp3) is 0.632. The van der Waals surface area contributed by atoms with Gasteiger partial charge in [0.1, 0.15) is 0 Å². The van der Waals surface area contributed by atoms with Gasteiger partial charge in [0.05, 0.1) is 6.04 Å². The topological polar surface area (TPSA) is 32.3 Å². The second kappa shape index (κ2) is 7.28. The predicted octanol–water partition coefficient (Wildman–Crippen LogP) is 3.30. The summed E-state index contributed by atoms with van der Waals surface area (Å²) in [5.41, 5.74) is 2.63. The zero-order valence-corrected chi connectivity index (χ0v) is 13.7. The first-order chi connectivity index (χ1) is 10.8. The van der Waals surface area contributed by atoms with Crippen molar-refractivity contribution in [2.75, 3.05) is 19.6 Å². The summed E-state index contributed by atoms with van der Waals surface area (Å²) in [5, 5.41) is 3.45. The van der Waals surface area contributed by atoms with Crippen LogP contribution in [0.25, 0.3) is 0 Å². The second-order valence-corrected chi connectivity index (χ2v) is 6.76. The maximum absolute atomic E-state index is 12.8. The van der Waals surface area contributed by atoms with E-state index in [-0.39, 0.29) is 6.04 Å². The van der Waals surface area contributed by atoms with Crippen LogP contribution in [0.5, 0.6) is 0 Å². The van der Waals surface area contributed by atoms with Crippen LogP contribution in [-0.2, 0) is 11.2 Å². The summed E-state index contributed by atoms with van der Waals surface area (Å²) in [7, 11) is 0. The molecule has 1 saturated carbocycles. The number of aryl methyl sites for hydroxylation is 1. The van der Waals surface area contributed by atoms with Crippen molar-refractivity contribution in [1.82, 2.24) is 10.2 Å². The average Bonchev–Trinajstić information content (AvgIpc) is 3.08. The molecule has 3 nitrogen and oxygen atoms in total. The van der Waals surface area contributed by atoms with Crippen LogP contribution in [0.15, 0.2) is 24.3 Å². The molecule has 1 unspecified atom stereocenters. The molecule has 1 amide bonds. The maximum Gasteiger partial charge on any atom is 0.223 e. The van der Waals surface area contributed by atoms with E-state index in [1.807, 2.05) is 0 Å². The fourth-order valence-electron chi connectivity index (χ4n) is 3.85. The van der Waals surface area contributed by atoms with E-state index in [2.05, 4.69) is 41.4 Å². The van der Waals surface area contributed by atoms with Gasteiger partial charge in [-0.05, 0) is 36.3 Å². The van der Waals surface area contributed by atoms with Crippen LogP contribution >= 0.6 is 0 Å². The number of hydrogen-bond donors (Lipinski definition) is 1. The Labute approximate surface area is 134 Å². The molecule has 1 aliphatic carbocycles. The van der Waals surface area contributed by atoms with Gasteiger partial charge < -0.3 is 10.2 Å². The summed E-state index contributed by atoms with van der Waals surface area (Å²) in [4.78, 5) is 14.9. The summed E-state index contributed by atoms with van der Waals surface area (Å²) in [6.07, 6.45) is 6.92. The zero-order valence-electron chi connectivity index (χ0n) is 13.7. The first-order valence-electron chi connectivity index (χ1n) is 8.87. The highest BCUT2D eigenvalue weighted by Crippen LogP contribution is 2.30. The summed E-state index contributed by atoms with van der Waals surface area (Å²) < 4.78 is 0. The zero-order chi connectivity index (χ0) is 15.4. The van der Waals surface area contributed by atoms with Crippen molar-refractivity contribution in [3.63, 3.8) is 0 Å². The highest BCUT2D eigenvalue weighted by atomic mass is 16.2. The Morgan fingerprint density at radius 1 is 1.23 bits per heavy atom. The van der Waals surface area contributed by atoms with E-state index in [4.69, 9.17) is 0 Å². The van der Waals surface area contributed by atoms with Gasteiger partial charge in [-0.15, -0.1) is 0 Å². The lowest BCUT2D eigenvalue weighted by Gasteiger charge is -2.37. The van der Waals surface area contributed by atoms with Crippen molar-refractivity contribution in [2.24, 2.45) is 5.92 Å². The van der Waals surface area contributed by atoms with Gasteiger partial charge in [-0.25, -0.2) is 0 Å². The minimum absolute atomic E-state index is 0.202. The van der Waals surface area contributed by atoms with Crippen molar-refractivity contribution in [1.29, 1.82) is 0 Å². The average molecular weight is 300 g/mol. The molecule has 1 atom stereocenters. The van der Waals surface area contributed by atoms with Gasteiger partial charge >= 0.3 is 0 Å². The van der Waals surface area contributed by atoms with E-state index in [0.717, 1.165) is 32.5 Å². The molecule has 1 heterocycles. The summed E-state index contributed by atoms with van der Waals surface area (Å²) in [6, 6.07) is 9.00. The molecule has 3 rings (SSSR count). The minimum Gasteiger partial charge on any atom is -0.333 e. The van der Waals surface area contributed by atoms with Crippen molar-refractivity contribution >= 4 is 5.91 Å². The van der Waals surface area contributed by atoms with E-state index < -0.39 is 0 Å². The van der Waals surface area contributed by atoms with Crippen LogP contribution in [0.1, 0.15) is 56.2 Å². The highest BCUT2D eigenvalue weighted by molar-refractivity contribution is 5.77. The summed E-state index contributed by atoms with van der Waals surface area (Å²) >= 11 is 0. The molecule has 120 valence electrons. The summed E-state index contributed by atoms with van der Waals surface area (Å²) in [6.45, 7) is 4.81. The second-order valence-electron chi connectivity index (χ2n) is 6.76. The Hall–Kier alpha value is -1.35. The quantitative estimate of drug-likeness (QED) is 0.925. The molecular formula is C19H28N2O. The van der Waals surface area contributed by atoms with Gasteiger partial charge in [-0.1, -0.05) is 44.0 Å². The lowest BCUT2D eigenvalue weighted by molar-refractivity contribution is -0.135. The predicted molar refractivity (Wildman–Crippen MR) is 89.7 cm³/mol. The number of piperazine rings is 1. The first kappa shape index (κ1) is 15.5. The van der Waals surface area contributed by atoms with Crippen LogP contribution in [0.3, 0.4) is 0 Å². The molecule has 1 saturated heterocycles. The van der Waals surface area contributed by atoms with E-state index in [1.165, 1.54) is 36.8 Å². The van der Waals surface area contributed by atoms with E-state index >= 15 is 0 Å². The van der Waals surface area contributed by atoms with Gasteiger partial charge in [-0.2, -0.15) is 0 Å². The first-order valence-corrected chi connectivity index (χ1v) is 8.87. The molecular weight excluding hydrogens is 272 g/mol. The molecule has 1 N–H and O–H groups in total. The third-order valence-electron chi connectivity index (χ3n) is 5.27. The lowest BCUT2D eigenvalue weighted by atomic mass is 9.98. The minimum atomic E-state index is 0.202. The molecule has 1 aromatic carbocycles. The van der Waals surface area contributed by atoms with Crippen LogP contribution < -0.4 is 5.32 Å². The number of nitrogens with one attached hydrogen (secondary N) is 1. The number of benzene rings is 1. The van der Waals surface area contributed by atoms with Crippen molar-refractivity contribution in [3.05, 3.63) is 35.4 Å². The van der Waals surface area contributed by atoms with Crippen molar-refractivity contribution < 1.29 is 4.79 Å². The Kier molecular flexibility index (Phi) is 5.14. The van der Waals surface area contributed by atoms with E-state index in [0.29, 0.717) is 11.8 Å².